The molecular formula is C21H24N4O2. The predicted molar refractivity (Wildman–Crippen MR) is 104 cm³/mol. The molecule has 6 heteroatoms. The Bertz CT molecular complexity index is 893. The monoisotopic (exact) mass is 364 g/mol. The third-order valence-electron chi connectivity index (χ3n) is 5.80. The van der Waals surface area contributed by atoms with Gasteiger partial charge in [0.1, 0.15) is 5.69 Å². The van der Waals surface area contributed by atoms with Gasteiger partial charge in [-0.3, -0.25) is 14.7 Å². The second-order valence-corrected chi connectivity index (χ2v) is 7.50. The Balaban J connectivity index is 1.58. The molecule has 1 saturated heterocycles. The van der Waals surface area contributed by atoms with E-state index in [0.717, 1.165) is 24.2 Å². The minimum Gasteiger partial charge on any atom is -0.337 e. The largest absolute Gasteiger partial charge is 0.337 e. The van der Waals surface area contributed by atoms with Crippen LogP contribution in [0.5, 0.6) is 0 Å². The van der Waals surface area contributed by atoms with E-state index in [2.05, 4.69) is 22.8 Å². The molecule has 2 aliphatic heterocycles. The highest BCUT2D eigenvalue weighted by Crippen LogP contribution is 2.47. The molecule has 0 atom stereocenters. The lowest BCUT2D eigenvalue weighted by molar-refractivity contribution is -0.120. The summed E-state index contributed by atoms with van der Waals surface area (Å²) in [6, 6.07) is 9.93. The summed E-state index contributed by atoms with van der Waals surface area (Å²) in [6.07, 6.45) is 3.82. The molecule has 0 unspecified atom stereocenters. The number of carbonyl (C=O) groups excluding carboxylic acids is 2. The minimum atomic E-state index is -0.191. The molecule has 4 rings (SSSR count). The topological polar surface area (TPSA) is 69.3 Å². The van der Waals surface area contributed by atoms with Crippen molar-refractivity contribution < 1.29 is 9.59 Å². The van der Waals surface area contributed by atoms with Gasteiger partial charge in [-0.15, -0.1) is 6.58 Å². The third-order valence-corrected chi connectivity index (χ3v) is 5.80. The fourth-order valence-electron chi connectivity index (χ4n) is 4.37. The molecule has 0 aliphatic carbocycles. The van der Waals surface area contributed by atoms with Gasteiger partial charge in [-0.25, -0.2) is 0 Å². The number of likely N-dealkylation sites (tertiary alicyclic amines) is 1. The Morgan fingerprint density at radius 2 is 2.07 bits per heavy atom. The van der Waals surface area contributed by atoms with E-state index in [9.17, 15) is 9.59 Å². The summed E-state index contributed by atoms with van der Waals surface area (Å²) < 4.78 is 0. The van der Waals surface area contributed by atoms with Crippen LogP contribution in [0.1, 0.15) is 41.0 Å². The summed E-state index contributed by atoms with van der Waals surface area (Å²) in [7, 11) is 0. The minimum absolute atomic E-state index is 0.0436. The average molecular weight is 364 g/mol. The number of H-pyrrole nitrogens is 1. The van der Waals surface area contributed by atoms with Crippen molar-refractivity contribution in [1.29, 1.82) is 0 Å². The van der Waals surface area contributed by atoms with Crippen LogP contribution < -0.4 is 4.90 Å². The van der Waals surface area contributed by atoms with Crippen LogP contribution in [0.15, 0.2) is 43.0 Å². The maximum absolute atomic E-state index is 12.8. The van der Waals surface area contributed by atoms with E-state index in [0.29, 0.717) is 31.7 Å². The fraction of sp³-hybridized carbons (Fsp3) is 0.381. The normalized spacial score (nSPS) is 18.5. The second-order valence-electron chi connectivity index (χ2n) is 7.50. The SMILES string of the molecule is C=CCN1C(=O)CC2(CCN(C(=O)c3cc(C)[nH]n3)CC2)c2ccccc21. The molecule has 27 heavy (non-hydrogen) atoms. The number of piperidine rings is 1. The summed E-state index contributed by atoms with van der Waals surface area (Å²) in [5, 5.41) is 6.91. The van der Waals surface area contributed by atoms with Crippen molar-refractivity contribution in [1.82, 2.24) is 15.1 Å². The molecule has 0 bridgehead atoms. The number of hydrogen-bond donors (Lipinski definition) is 1. The zero-order valence-electron chi connectivity index (χ0n) is 15.6. The number of anilines is 1. The number of nitrogens with one attached hydrogen (secondary N) is 1. The number of hydrogen-bond acceptors (Lipinski definition) is 3. The van der Waals surface area contributed by atoms with Crippen molar-refractivity contribution in [2.24, 2.45) is 0 Å². The van der Waals surface area contributed by atoms with E-state index in [1.54, 1.807) is 12.1 Å². The van der Waals surface area contributed by atoms with Crippen LogP contribution in [-0.4, -0.2) is 46.5 Å². The predicted octanol–water partition coefficient (Wildman–Crippen LogP) is 2.81. The van der Waals surface area contributed by atoms with E-state index >= 15 is 0 Å². The standard InChI is InChI=1S/C21H24N4O2/c1-3-10-25-18-7-5-4-6-16(18)21(14-19(25)26)8-11-24(12-9-21)20(27)17-13-15(2)22-23-17/h3-7,13H,1,8-12,14H2,2H3,(H,22,23). The number of amides is 2. The fourth-order valence-corrected chi connectivity index (χ4v) is 4.37. The maximum atomic E-state index is 12.8. The zero-order chi connectivity index (χ0) is 19.0. The molecule has 2 aromatic rings. The molecule has 2 aliphatic rings. The van der Waals surface area contributed by atoms with Crippen LogP contribution in [0.4, 0.5) is 5.69 Å². The van der Waals surface area contributed by atoms with Crippen molar-refractivity contribution >= 4 is 17.5 Å². The number of carbonyl (C=O) groups is 2. The molecule has 1 aromatic heterocycles. The highest BCUT2D eigenvalue weighted by molar-refractivity contribution is 5.98. The van der Waals surface area contributed by atoms with E-state index in [1.165, 1.54) is 5.56 Å². The van der Waals surface area contributed by atoms with Crippen molar-refractivity contribution in [2.45, 2.75) is 31.6 Å². The van der Waals surface area contributed by atoms with Gasteiger partial charge in [-0.2, -0.15) is 5.10 Å². The number of aromatic nitrogens is 2. The molecule has 0 saturated carbocycles. The van der Waals surface area contributed by atoms with Gasteiger partial charge in [0.2, 0.25) is 5.91 Å². The maximum Gasteiger partial charge on any atom is 0.274 e. The number of rotatable bonds is 3. The smallest absolute Gasteiger partial charge is 0.274 e. The highest BCUT2D eigenvalue weighted by Gasteiger charge is 2.45. The van der Waals surface area contributed by atoms with Gasteiger partial charge in [0.15, 0.2) is 0 Å². The number of aryl methyl sites for hydroxylation is 1. The Kier molecular flexibility index (Phi) is 4.34. The first-order chi connectivity index (χ1) is 13.0. The van der Waals surface area contributed by atoms with Crippen LogP contribution in [-0.2, 0) is 10.2 Å². The first kappa shape index (κ1) is 17.5. The van der Waals surface area contributed by atoms with Gasteiger partial charge in [-0.05, 0) is 37.5 Å². The summed E-state index contributed by atoms with van der Waals surface area (Å²) >= 11 is 0. The van der Waals surface area contributed by atoms with Gasteiger partial charge >= 0.3 is 0 Å². The number of para-hydroxylation sites is 1. The summed E-state index contributed by atoms with van der Waals surface area (Å²) in [4.78, 5) is 29.2. The van der Waals surface area contributed by atoms with Crippen molar-refractivity contribution in [3.8, 4) is 0 Å². The van der Waals surface area contributed by atoms with Crippen molar-refractivity contribution in [2.75, 3.05) is 24.5 Å². The molecule has 3 heterocycles. The molecule has 1 spiro atoms. The van der Waals surface area contributed by atoms with Crippen LogP contribution >= 0.6 is 0 Å². The van der Waals surface area contributed by atoms with Crippen molar-refractivity contribution in [3.05, 3.63) is 59.9 Å². The second kappa shape index (κ2) is 6.68. The molecule has 2 amide bonds. The van der Waals surface area contributed by atoms with E-state index in [-0.39, 0.29) is 17.2 Å². The summed E-state index contributed by atoms with van der Waals surface area (Å²) in [6.45, 7) is 7.45. The van der Waals surface area contributed by atoms with Crippen molar-refractivity contribution in [3.63, 3.8) is 0 Å². The van der Waals surface area contributed by atoms with E-state index in [1.807, 2.05) is 34.9 Å². The summed E-state index contributed by atoms with van der Waals surface area (Å²) in [5.41, 5.74) is 3.34. The van der Waals surface area contributed by atoms with Gasteiger partial charge < -0.3 is 9.80 Å². The average Bonchev–Trinajstić information content (AvgIpc) is 3.12. The lowest BCUT2D eigenvalue weighted by atomic mass is 9.67. The molecule has 1 N–H and O–H groups in total. The highest BCUT2D eigenvalue weighted by atomic mass is 16.2. The number of fused-ring (bicyclic) bond motifs is 2. The number of benzene rings is 1. The van der Waals surface area contributed by atoms with Gasteiger partial charge in [0.25, 0.3) is 5.91 Å². The van der Waals surface area contributed by atoms with Crippen LogP contribution in [0.25, 0.3) is 0 Å². The Morgan fingerprint density at radius 1 is 1.33 bits per heavy atom. The lowest BCUT2D eigenvalue weighted by Crippen LogP contribution is -2.51. The van der Waals surface area contributed by atoms with Gasteiger partial charge in [-0.1, -0.05) is 24.3 Å². The summed E-state index contributed by atoms with van der Waals surface area (Å²) in [5.74, 6) is 0.0919. The third kappa shape index (κ3) is 2.95. The van der Waals surface area contributed by atoms with Gasteiger partial charge in [0, 0.05) is 42.9 Å². The Labute approximate surface area is 158 Å². The van der Waals surface area contributed by atoms with Crippen LogP contribution in [0.2, 0.25) is 0 Å². The zero-order valence-corrected chi connectivity index (χ0v) is 15.6. The van der Waals surface area contributed by atoms with Crippen LogP contribution in [0, 0.1) is 6.92 Å². The first-order valence-corrected chi connectivity index (χ1v) is 9.36. The quantitative estimate of drug-likeness (QED) is 0.852. The molecule has 1 aromatic carbocycles. The van der Waals surface area contributed by atoms with E-state index in [4.69, 9.17) is 0 Å². The van der Waals surface area contributed by atoms with Gasteiger partial charge in [0.05, 0.1) is 0 Å². The molecule has 140 valence electrons. The van der Waals surface area contributed by atoms with E-state index < -0.39 is 0 Å². The number of nitrogens with zero attached hydrogens (tertiary/aromatic N) is 3. The first-order valence-electron chi connectivity index (χ1n) is 9.36. The number of aromatic amines is 1. The molecule has 0 radical (unpaired) electrons. The Morgan fingerprint density at radius 3 is 2.74 bits per heavy atom. The molecule has 1 fully saturated rings. The molecule has 6 nitrogen and oxygen atoms in total. The van der Waals surface area contributed by atoms with Crippen LogP contribution in [0.3, 0.4) is 0 Å². The lowest BCUT2D eigenvalue weighted by Gasteiger charge is -2.47. The Hall–Kier alpha value is -2.89. The molecular weight excluding hydrogens is 340 g/mol.